The molecule has 0 radical (unpaired) electrons. The first-order chi connectivity index (χ1) is 10.0. The van der Waals surface area contributed by atoms with Crippen LogP contribution in [0.15, 0.2) is 46.9 Å². The Labute approximate surface area is 131 Å². The van der Waals surface area contributed by atoms with E-state index in [0.717, 1.165) is 26.6 Å². The molecule has 0 atom stereocenters. The Kier molecular flexibility index (Phi) is 3.55. The van der Waals surface area contributed by atoms with Crippen LogP contribution in [-0.4, -0.2) is 10.9 Å². The molecule has 2 N–H and O–H groups in total. The molecule has 0 unspecified atom stereocenters. The van der Waals surface area contributed by atoms with Crippen molar-refractivity contribution >= 4 is 38.4 Å². The Morgan fingerprint density at radius 2 is 1.95 bits per heavy atom. The highest BCUT2D eigenvalue weighted by Crippen LogP contribution is 2.24. The molecule has 0 saturated heterocycles. The second kappa shape index (κ2) is 5.37. The highest BCUT2D eigenvalue weighted by atomic mass is 79.9. The fourth-order valence-electron chi connectivity index (χ4n) is 2.44. The van der Waals surface area contributed by atoms with E-state index in [4.69, 9.17) is 0 Å². The average Bonchev–Trinajstić information content (AvgIpc) is 2.75. The number of anilines is 1. The minimum Gasteiger partial charge on any atom is -0.350 e. The van der Waals surface area contributed by atoms with Crippen molar-refractivity contribution in [1.82, 2.24) is 4.98 Å². The second-order valence-corrected chi connectivity index (χ2v) is 6.05. The molecule has 0 aliphatic carbocycles. The zero-order valence-electron chi connectivity index (χ0n) is 11.8. The minimum absolute atomic E-state index is 0.126. The van der Waals surface area contributed by atoms with Crippen LogP contribution < -0.4 is 5.32 Å². The van der Waals surface area contributed by atoms with Crippen molar-refractivity contribution in [1.29, 1.82) is 0 Å². The number of rotatable bonds is 2. The number of carbonyl (C=O) groups excluding carboxylic acids is 1. The van der Waals surface area contributed by atoms with E-state index < -0.39 is 0 Å². The van der Waals surface area contributed by atoms with Gasteiger partial charge in [-0.2, -0.15) is 0 Å². The maximum atomic E-state index is 12.4. The lowest BCUT2D eigenvalue weighted by Crippen LogP contribution is -2.13. The highest BCUT2D eigenvalue weighted by Gasteiger charge is 2.15. The summed E-state index contributed by atoms with van der Waals surface area (Å²) in [5.41, 5.74) is 4.51. The van der Waals surface area contributed by atoms with Gasteiger partial charge in [-0.1, -0.05) is 34.1 Å². The van der Waals surface area contributed by atoms with Crippen LogP contribution in [0.1, 0.15) is 21.6 Å². The van der Waals surface area contributed by atoms with Crippen LogP contribution in [0.25, 0.3) is 10.9 Å². The number of nitrogens with one attached hydrogen (secondary N) is 2. The summed E-state index contributed by atoms with van der Waals surface area (Å²) in [5.74, 6) is -0.126. The molecule has 0 aliphatic heterocycles. The predicted octanol–water partition coefficient (Wildman–Crippen LogP) is 4.80. The van der Waals surface area contributed by atoms with E-state index in [2.05, 4.69) is 38.4 Å². The smallest absolute Gasteiger partial charge is 0.272 e. The molecule has 3 nitrogen and oxygen atoms in total. The van der Waals surface area contributed by atoms with Crippen LogP contribution in [0, 0.1) is 13.8 Å². The number of hydrogen-bond acceptors (Lipinski definition) is 1. The van der Waals surface area contributed by atoms with Gasteiger partial charge in [-0.25, -0.2) is 0 Å². The van der Waals surface area contributed by atoms with Gasteiger partial charge in [0.1, 0.15) is 5.69 Å². The number of aromatic amines is 1. The first-order valence-electron chi connectivity index (χ1n) is 6.70. The Hall–Kier alpha value is -2.07. The van der Waals surface area contributed by atoms with Crippen LogP contribution in [0.4, 0.5) is 5.69 Å². The lowest BCUT2D eigenvalue weighted by Gasteiger charge is -2.05. The van der Waals surface area contributed by atoms with Crippen molar-refractivity contribution in [2.45, 2.75) is 13.8 Å². The fraction of sp³-hybridized carbons (Fsp3) is 0.118. The van der Waals surface area contributed by atoms with Crippen LogP contribution in [0.2, 0.25) is 0 Å². The van der Waals surface area contributed by atoms with Crippen LogP contribution >= 0.6 is 15.9 Å². The number of halogens is 1. The number of aromatic nitrogens is 1. The number of H-pyrrole nitrogens is 1. The molecular formula is C17H15BrN2O. The molecule has 0 fully saturated rings. The van der Waals surface area contributed by atoms with Crippen LogP contribution in [0.5, 0.6) is 0 Å². The number of benzene rings is 2. The highest BCUT2D eigenvalue weighted by molar-refractivity contribution is 9.10. The van der Waals surface area contributed by atoms with E-state index in [9.17, 15) is 4.79 Å². The molecule has 1 aromatic heterocycles. The normalized spacial score (nSPS) is 10.8. The van der Waals surface area contributed by atoms with Gasteiger partial charge in [0.2, 0.25) is 0 Å². The topological polar surface area (TPSA) is 44.9 Å². The Morgan fingerprint density at radius 3 is 2.71 bits per heavy atom. The summed E-state index contributed by atoms with van der Waals surface area (Å²) < 4.78 is 0.935. The van der Waals surface area contributed by atoms with E-state index >= 15 is 0 Å². The molecule has 3 aromatic rings. The third-order valence-corrected chi connectivity index (χ3v) is 4.02. The van der Waals surface area contributed by atoms with Gasteiger partial charge in [0.05, 0.1) is 0 Å². The maximum absolute atomic E-state index is 12.4. The van der Waals surface area contributed by atoms with E-state index in [-0.39, 0.29) is 5.91 Å². The molecule has 3 rings (SSSR count). The van der Waals surface area contributed by atoms with Crippen molar-refractivity contribution in [2.75, 3.05) is 5.32 Å². The molecule has 4 heteroatoms. The first-order valence-corrected chi connectivity index (χ1v) is 7.50. The Morgan fingerprint density at radius 1 is 1.14 bits per heavy atom. The molecule has 0 spiro atoms. The van der Waals surface area contributed by atoms with Crippen molar-refractivity contribution in [3.63, 3.8) is 0 Å². The Bertz CT molecular complexity index is 836. The lowest BCUT2D eigenvalue weighted by atomic mass is 10.1. The summed E-state index contributed by atoms with van der Waals surface area (Å²) in [4.78, 5) is 15.7. The largest absolute Gasteiger partial charge is 0.350 e. The summed E-state index contributed by atoms with van der Waals surface area (Å²) in [5, 5.41) is 4.00. The third-order valence-electron chi connectivity index (χ3n) is 3.52. The first kappa shape index (κ1) is 13.9. The summed E-state index contributed by atoms with van der Waals surface area (Å²) >= 11 is 3.40. The second-order valence-electron chi connectivity index (χ2n) is 5.14. The van der Waals surface area contributed by atoms with Gasteiger partial charge in [-0.05, 0) is 49.2 Å². The van der Waals surface area contributed by atoms with Crippen LogP contribution in [0.3, 0.4) is 0 Å². The number of hydrogen-bond donors (Lipinski definition) is 2. The van der Waals surface area contributed by atoms with Crippen molar-refractivity contribution in [3.05, 3.63) is 63.8 Å². The number of amides is 1. The minimum atomic E-state index is -0.126. The van der Waals surface area contributed by atoms with Gasteiger partial charge < -0.3 is 10.3 Å². The molecule has 1 amide bonds. The number of fused-ring (bicyclic) bond motifs is 1. The summed E-state index contributed by atoms with van der Waals surface area (Å²) in [6, 6.07) is 13.7. The standard InChI is InChI=1S/C17H15BrN2O/c1-10-6-7-14-11(2)16(20-15(14)8-10)17(21)19-13-5-3-4-12(18)9-13/h3-9,20H,1-2H3,(H,19,21). The fourth-order valence-corrected chi connectivity index (χ4v) is 2.84. The number of carbonyl (C=O) groups is 1. The van der Waals surface area contributed by atoms with E-state index in [1.54, 1.807) is 0 Å². The van der Waals surface area contributed by atoms with E-state index in [1.807, 2.05) is 44.2 Å². The van der Waals surface area contributed by atoms with Gasteiger partial charge in [0, 0.05) is 21.1 Å². The maximum Gasteiger partial charge on any atom is 0.272 e. The van der Waals surface area contributed by atoms with E-state index in [0.29, 0.717) is 5.69 Å². The van der Waals surface area contributed by atoms with Gasteiger partial charge in [-0.3, -0.25) is 4.79 Å². The van der Waals surface area contributed by atoms with Gasteiger partial charge >= 0.3 is 0 Å². The van der Waals surface area contributed by atoms with Crippen molar-refractivity contribution in [2.24, 2.45) is 0 Å². The molecule has 106 valence electrons. The summed E-state index contributed by atoms with van der Waals surface area (Å²) in [6.07, 6.45) is 0. The molecule has 21 heavy (non-hydrogen) atoms. The average molecular weight is 343 g/mol. The molecule has 0 aliphatic rings. The van der Waals surface area contributed by atoms with E-state index in [1.165, 1.54) is 5.56 Å². The lowest BCUT2D eigenvalue weighted by molar-refractivity contribution is 0.102. The molecule has 1 heterocycles. The van der Waals surface area contributed by atoms with Crippen molar-refractivity contribution in [3.8, 4) is 0 Å². The SMILES string of the molecule is Cc1ccc2c(C)c(C(=O)Nc3cccc(Br)c3)[nH]c2c1. The molecule has 0 bridgehead atoms. The molecular weight excluding hydrogens is 328 g/mol. The molecule has 2 aromatic carbocycles. The van der Waals surface area contributed by atoms with Crippen LogP contribution in [-0.2, 0) is 0 Å². The zero-order chi connectivity index (χ0) is 15.0. The number of aryl methyl sites for hydroxylation is 2. The quantitative estimate of drug-likeness (QED) is 0.690. The summed E-state index contributed by atoms with van der Waals surface area (Å²) in [7, 11) is 0. The van der Waals surface area contributed by atoms with Gasteiger partial charge in [0.25, 0.3) is 5.91 Å². The third kappa shape index (κ3) is 2.72. The van der Waals surface area contributed by atoms with Gasteiger partial charge in [-0.15, -0.1) is 0 Å². The van der Waals surface area contributed by atoms with Gasteiger partial charge in [0.15, 0.2) is 0 Å². The Balaban J connectivity index is 1.96. The zero-order valence-corrected chi connectivity index (χ0v) is 13.4. The summed E-state index contributed by atoms with van der Waals surface area (Å²) in [6.45, 7) is 4.00. The monoisotopic (exact) mass is 342 g/mol. The van der Waals surface area contributed by atoms with Crippen molar-refractivity contribution < 1.29 is 4.79 Å². The predicted molar refractivity (Wildman–Crippen MR) is 89.9 cm³/mol. The molecule has 0 saturated carbocycles.